The number of carbonyl (C=O) groups excluding carboxylic acids is 1. The SMILES string of the molecule is CCOC(=O)CC1=N[C@H]([N+](=O)[O-])N=N1. The Morgan fingerprint density at radius 1 is 1.71 bits per heavy atom. The van der Waals surface area contributed by atoms with Gasteiger partial charge in [0.05, 0.1) is 11.5 Å². The van der Waals surface area contributed by atoms with Crippen molar-refractivity contribution in [2.75, 3.05) is 6.61 Å². The van der Waals surface area contributed by atoms with Crippen molar-refractivity contribution in [1.82, 2.24) is 0 Å². The van der Waals surface area contributed by atoms with E-state index in [0.29, 0.717) is 0 Å². The molecule has 0 aromatic rings. The fourth-order valence-electron chi connectivity index (χ4n) is 0.815. The van der Waals surface area contributed by atoms with Gasteiger partial charge in [-0.25, -0.2) is 0 Å². The molecule has 0 saturated heterocycles. The van der Waals surface area contributed by atoms with Gasteiger partial charge in [0.15, 0.2) is 5.84 Å². The Labute approximate surface area is 78.8 Å². The highest BCUT2D eigenvalue weighted by molar-refractivity contribution is 5.98. The Kier molecular flexibility index (Phi) is 3.21. The van der Waals surface area contributed by atoms with Gasteiger partial charge in [0, 0.05) is 0 Å². The Morgan fingerprint density at radius 2 is 2.43 bits per heavy atom. The summed E-state index contributed by atoms with van der Waals surface area (Å²) >= 11 is 0. The second kappa shape index (κ2) is 4.40. The zero-order chi connectivity index (χ0) is 10.6. The van der Waals surface area contributed by atoms with E-state index in [1.165, 1.54) is 0 Å². The molecule has 0 N–H and O–H groups in total. The molecule has 1 aliphatic heterocycles. The van der Waals surface area contributed by atoms with E-state index in [1.54, 1.807) is 6.92 Å². The molecule has 0 aliphatic carbocycles. The molecule has 0 saturated carbocycles. The number of hydrogen-bond acceptors (Lipinski definition) is 7. The number of aliphatic imine (C=N–C) groups is 1. The van der Waals surface area contributed by atoms with E-state index in [9.17, 15) is 14.9 Å². The van der Waals surface area contributed by atoms with Crippen molar-refractivity contribution in [3.8, 4) is 0 Å². The summed E-state index contributed by atoms with van der Waals surface area (Å²) < 4.78 is 4.61. The van der Waals surface area contributed by atoms with Gasteiger partial charge in [0.2, 0.25) is 0 Å². The molecular formula is C6H8N4O4. The van der Waals surface area contributed by atoms with Crippen LogP contribution in [0.4, 0.5) is 0 Å². The summed E-state index contributed by atoms with van der Waals surface area (Å²) in [5, 5.41) is 16.8. The van der Waals surface area contributed by atoms with Gasteiger partial charge in [-0.2, -0.15) is 4.99 Å². The molecule has 76 valence electrons. The largest absolute Gasteiger partial charge is 0.466 e. The number of azo groups is 1. The number of esters is 1. The van der Waals surface area contributed by atoms with Gasteiger partial charge < -0.3 is 4.74 Å². The molecule has 0 amide bonds. The summed E-state index contributed by atoms with van der Waals surface area (Å²) in [6.45, 7) is 1.91. The molecule has 14 heavy (non-hydrogen) atoms. The van der Waals surface area contributed by atoms with Crippen LogP contribution in [0.2, 0.25) is 0 Å². The second-order valence-corrected chi connectivity index (χ2v) is 2.37. The van der Waals surface area contributed by atoms with E-state index in [4.69, 9.17) is 0 Å². The third-order valence-corrected chi connectivity index (χ3v) is 1.34. The molecule has 0 radical (unpaired) electrons. The van der Waals surface area contributed by atoms with E-state index >= 15 is 0 Å². The highest BCUT2D eigenvalue weighted by Crippen LogP contribution is 2.08. The lowest BCUT2D eigenvalue weighted by Crippen LogP contribution is -2.13. The van der Waals surface area contributed by atoms with Crippen molar-refractivity contribution in [1.29, 1.82) is 0 Å². The van der Waals surface area contributed by atoms with Gasteiger partial charge >= 0.3 is 12.3 Å². The van der Waals surface area contributed by atoms with Gasteiger partial charge in [0.1, 0.15) is 6.42 Å². The van der Waals surface area contributed by atoms with Crippen LogP contribution in [-0.4, -0.2) is 29.6 Å². The summed E-state index contributed by atoms with van der Waals surface area (Å²) in [4.78, 5) is 23.9. The van der Waals surface area contributed by atoms with Crippen molar-refractivity contribution in [2.24, 2.45) is 15.2 Å². The predicted octanol–water partition coefficient (Wildman–Crippen LogP) is 0.364. The van der Waals surface area contributed by atoms with Crippen LogP contribution in [0.25, 0.3) is 0 Å². The van der Waals surface area contributed by atoms with Gasteiger partial charge in [-0.1, -0.05) is 5.11 Å². The topological polar surface area (TPSA) is 107 Å². The average molecular weight is 200 g/mol. The van der Waals surface area contributed by atoms with Crippen LogP contribution in [0.3, 0.4) is 0 Å². The Hall–Kier alpha value is -1.86. The minimum Gasteiger partial charge on any atom is -0.466 e. The lowest BCUT2D eigenvalue weighted by atomic mass is 10.4. The molecule has 1 atom stereocenters. The van der Waals surface area contributed by atoms with Crippen molar-refractivity contribution in [2.45, 2.75) is 19.6 Å². The highest BCUT2D eigenvalue weighted by Gasteiger charge is 2.24. The lowest BCUT2D eigenvalue weighted by molar-refractivity contribution is -0.518. The maximum absolute atomic E-state index is 10.9. The summed E-state index contributed by atoms with van der Waals surface area (Å²) in [6.07, 6.45) is -1.58. The monoisotopic (exact) mass is 200 g/mol. The highest BCUT2D eigenvalue weighted by atomic mass is 16.6. The fourth-order valence-corrected chi connectivity index (χ4v) is 0.815. The third-order valence-electron chi connectivity index (χ3n) is 1.34. The van der Waals surface area contributed by atoms with Crippen molar-refractivity contribution >= 4 is 11.8 Å². The normalized spacial score (nSPS) is 19.2. The smallest absolute Gasteiger partial charge is 0.421 e. The average Bonchev–Trinajstić information content (AvgIpc) is 2.53. The Balaban J connectivity index is 2.49. The molecule has 1 aliphatic rings. The number of nitrogens with zero attached hydrogens (tertiary/aromatic N) is 4. The number of amidine groups is 1. The first-order valence-electron chi connectivity index (χ1n) is 3.90. The van der Waals surface area contributed by atoms with Gasteiger partial charge in [-0.3, -0.25) is 14.9 Å². The van der Waals surface area contributed by atoms with Gasteiger partial charge in [-0.05, 0) is 6.92 Å². The first-order valence-corrected chi connectivity index (χ1v) is 3.90. The standard InChI is InChI=1S/C6H8N4O4/c1-2-14-5(11)3-4-7-6(9-8-4)10(12)13/h6H,2-3H2,1H3/t6-/m0/s1. The molecule has 8 nitrogen and oxygen atoms in total. The van der Waals surface area contributed by atoms with E-state index in [1.807, 2.05) is 0 Å². The number of hydrogen-bond donors (Lipinski definition) is 0. The van der Waals surface area contributed by atoms with Gasteiger partial charge in [0.25, 0.3) is 0 Å². The van der Waals surface area contributed by atoms with Crippen molar-refractivity contribution in [3.63, 3.8) is 0 Å². The number of ether oxygens (including phenoxy) is 1. The second-order valence-electron chi connectivity index (χ2n) is 2.37. The van der Waals surface area contributed by atoms with E-state index in [0.717, 1.165) is 0 Å². The fraction of sp³-hybridized carbons (Fsp3) is 0.667. The van der Waals surface area contributed by atoms with Crippen molar-refractivity contribution < 1.29 is 14.5 Å². The van der Waals surface area contributed by atoms with Crippen LogP contribution in [0, 0.1) is 10.1 Å². The Bertz CT molecular complexity index is 311. The zero-order valence-electron chi connectivity index (χ0n) is 7.41. The molecule has 0 aromatic heterocycles. The molecule has 0 fully saturated rings. The summed E-state index contributed by atoms with van der Waals surface area (Å²) in [5.41, 5.74) is 0. The quantitative estimate of drug-likeness (QED) is 0.371. The van der Waals surface area contributed by atoms with Crippen LogP contribution in [0.5, 0.6) is 0 Å². The summed E-state index contributed by atoms with van der Waals surface area (Å²) in [6, 6.07) is 0. The number of nitro groups is 1. The number of carbonyl (C=O) groups is 1. The van der Waals surface area contributed by atoms with Crippen molar-refractivity contribution in [3.05, 3.63) is 10.1 Å². The van der Waals surface area contributed by atoms with Gasteiger partial charge in [-0.15, -0.1) is 5.11 Å². The van der Waals surface area contributed by atoms with Crippen LogP contribution >= 0.6 is 0 Å². The minimum absolute atomic E-state index is 0.0325. The summed E-state index contributed by atoms with van der Waals surface area (Å²) in [7, 11) is 0. The first-order chi connectivity index (χ1) is 6.63. The first kappa shape index (κ1) is 10.2. The van der Waals surface area contributed by atoms with E-state index in [2.05, 4.69) is 20.0 Å². The molecular weight excluding hydrogens is 192 g/mol. The van der Waals surface area contributed by atoms with Crippen LogP contribution in [0.15, 0.2) is 15.2 Å². The Morgan fingerprint density at radius 3 is 2.93 bits per heavy atom. The molecule has 0 bridgehead atoms. The molecule has 0 unspecified atom stereocenters. The van der Waals surface area contributed by atoms with Crippen LogP contribution < -0.4 is 0 Å². The molecule has 8 heteroatoms. The number of rotatable bonds is 4. The minimum atomic E-state index is -1.40. The van der Waals surface area contributed by atoms with Crippen LogP contribution in [0.1, 0.15) is 13.3 Å². The maximum Gasteiger partial charge on any atom is 0.421 e. The predicted molar refractivity (Wildman–Crippen MR) is 44.3 cm³/mol. The molecule has 1 rings (SSSR count). The van der Waals surface area contributed by atoms with Crippen LogP contribution in [-0.2, 0) is 9.53 Å². The summed E-state index contributed by atoms with van der Waals surface area (Å²) in [5.74, 6) is -0.487. The molecule has 0 spiro atoms. The van der Waals surface area contributed by atoms with E-state index < -0.39 is 17.2 Å². The lowest BCUT2D eigenvalue weighted by Gasteiger charge is -1.97. The van der Waals surface area contributed by atoms with E-state index in [-0.39, 0.29) is 18.9 Å². The molecule has 0 aromatic carbocycles. The molecule has 1 heterocycles. The maximum atomic E-state index is 10.9. The third kappa shape index (κ3) is 2.57. The zero-order valence-corrected chi connectivity index (χ0v) is 7.41.